The summed E-state index contributed by atoms with van der Waals surface area (Å²) in [7, 11) is -0.774. The highest BCUT2D eigenvalue weighted by Crippen LogP contribution is 2.24. The number of amides is 2. The van der Waals surface area contributed by atoms with Crippen LogP contribution in [0.5, 0.6) is 11.5 Å². The third-order valence-electron chi connectivity index (χ3n) is 6.63. The zero-order chi connectivity index (χ0) is 27.0. The van der Waals surface area contributed by atoms with E-state index in [1.807, 2.05) is 12.1 Å². The Morgan fingerprint density at radius 3 is 2.24 bits per heavy atom. The molecule has 0 saturated heterocycles. The van der Waals surface area contributed by atoms with Crippen LogP contribution in [0.1, 0.15) is 44.6 Å². The molecule has 202 valence electrons. The Kier molecular flexibility index (Phi) is 9.79. The zero-order valence-electron chi connectivity index (χ0n) is 22.0. The van der Waals surface area contributed by atoms with Gasteiger partial charge in [0.15, 0.2) is 0 Å². The third kappa shape index (κ3) is 7.85. The number of methoxy groups -OCH3 is 2. The van der Waals surface area contributed by atoms with E-state index >= 15 is 0 Å². The van der Waals surface area contributed by atoms with Crippen LogP contribution in [0.15, 0.2) is 48.5 Å². The number of nitrogens with zero attached hydrogens (tertiary/aromatic N) is 2. The molecule has 2 aromatic rings. The lowest BCUT2D eigenvalue weighted by molar-refractivity contribution is -0.139. The number of sulfonamides is 1. The van der Waals surface area contributed by atoms with Crippen LogP contribution in [0.2, 0.25) is 0 Å². The van der Waals surface area contributed by atoms with E-state index in [9.17, 15) is 18.0 Å². The quantitative estimate of drug-likeness (QED) is 0.477. The van der Waals surface area contributed by atoms with Gasteiger partial charge >= 0.3 is 0 Å². The predicted molar refractivity (Wildman–Crippen MR) is 143 cm³/mol. The van der Waals surface area contributed by atoms with Crippen molar-refractivity contribution in [3.63, 3.8) is 0 Å². The van der Waals surface area contributed by atoms with Crippen molar-refractivity contribution in [2.75, 3.05) is 31.3 Å². The van der Waals surface area contributed by atoms with E-state index in [-0.39, 0.29) is 18.5 Å². The number of carbonyl (C=O) groups excluding carboxylic acids is 2. The first-order chi connectivity index (χ1) is 17.6. The zero-order valence-corrected chi connectivity index (χ0v) is 22.8. The molecule has 2 amide bonds. The Balaban J connectivity index is 1.89. The molecule has 1 unspecified atom stereocenters. The highest BCUT2D eigenvalue weighted by molar-refractivity contribution is 7.92. The molecule has 1 aliphatic carbocycles. The molecular weight excluding hydrogens is 494 g/mol. The van der Waals surface area contributed by atoms with Crippen LogP contribution >= 0.6 is 0 Å². The van der Waals surface area contributed by atoms with E-state index in [0.29, 0.717) is 17.2 Å². The summed E-state index contributed by atoms with van der Waals surface area (Å²) in [4.78, 5) is 28.4. The lowest BCUT2D eigenvalue weighted by Gasteiger charge is -2.33. The molecule has 2 aromatic carbocycles. The normalized spacial score (nSPS) is 14.9. The monoisotopic (exact) mass is 531 g/mol. The van der Waals surface area contributed by atoms with Crippen molar-refractivity contribution < 1.29 is 27.5 Å². The fourth-order valence-corrected chi connectivity index (χ4v) is 5.34. The Morgan fingerprint density at radius 2 is 1.62 bits per heavy atom. The van der Waals surface area contributed by atoms with Crippen LogP contribution in [0.4, 0.5) is 5.69 Å². The van der Waals surface area contributed by atoms with Crippen molar-refractivity contribution >= 4 is 27.5 Å². The minimum Gasteiger partial charge on any atom is -0.497 e. The van der Waals surface area contributed by atoms with E-state index in [0.717, 1.165) is 48.2 Å². The summed E-state index contributed by atoms with van der Waals surface area (Å²) in [6, 6.07) is 13.0. The van der Waals surface area contributed by atoms with Gasteiger partial charge in [-0.15, -0.1) is 0 Å². The SMILES string of the molecule is COc1cccc(CN(C(=O)CN(c2cccc(OC)c2)S(C)(=O)=O)C(C)C(=O)NC2CCCCC2)c1. The van der Waals surface area contributed by atoms with E-state index in [2.05, 4.69) is 5.32 Å². The number of hydrogen-bond donors (Lipinski definition) is 1. The third-order valence-corrected chi connectivity index (χ3v) is 7.77. The topological polar surface area (TPSA) is 105 Å². The van der Waals surface area contributed by atoms with Gasteiger partial charge in [-0.25, -0.2) is 8.42 Å². The summed E-state index contributed by atoms with van der Waals surface area (Å²) in [6.07, 6.45) is 6.17. The Morgan fingerprint density at radius 1 is 1.00 bits per heavy atom. The van der Waals surface area contributed by atoms with Gasteiger partial charge in [-0.1, -0.05) is 37.5 Å². The summed E-state index contributed by atoms with van der Waals surface area (Å²) >= 11 is 0. The Bertz CT molecular complexity index is 1180. The van der Waals surface area contributed by atoms with Crippen molar-refractivity contribution in [3.8, 4) is 11.5 Å². The molecule has 0 spiro atoms. The molecule has 0 bridgehead atoms. The first-order valence-electron chi connectivity index (χ1n) is 12.5. The van der Waals surface area contributed by atoms with Gasteiger partial charge in [0, 0.05) is 18.7 Å². The second kappa shape index (κ2) is 12.8. The fraction of sp³-hybridized carbons (Fsp3) is 0.481. The predicted octanol–water partition coefficient (Wildman–Crippen LogP) is 3.34. The van der Waals surface area contributed by atoms with Crippen LogP contribution in [-0.4, -0.2) is 64.2 Å². The molecule has 1 atom stereocenters. The van der Waals surface area contributed by atoms with Gasteiger partial charge < -0.3 is 19.7 Å². The number of carbonyl (C=O) groups is 2. The smallest absolute Gasteiger partial charge is 0.244 e. The molecule has 9 nitrogen and oxygen atoms in total. The lowest BCUT2D eigenvalue weighted by atomic mass is 9.95. The first kappa shape index (κ1) is 28.3. The van der Waals surface area contributed by atoms with Crippen molar-refractivity contribution in [2.24, 2.45) is 0 Å². The van der Waals surface area contributed by atoms with Crippen molar-refractivity contribution in [2.45, 2.75) is 57.7 Å². The maximum Gasteiger partial charge on any atom is 0.244 e. The molecule has 1 aliphatic rings. The maximum absolute atomic E-state index is 13.7. The Labute approximate surface area is 219 Å². The highest BCUT2D eigenvalue weighted by Gasteiger charge is 2.31. The van der Waals surface area contributed by atoms with E-state index in [4.69, 9.17) is 9.47 Å². The van der Waals surface area contributed by atoms with Crippen molar-refractivity contribution in [1.82, 2.24) is 10.2 Å². The van der Waals surface area contributed by atoms with Crippen LogP contribution in [0, 0.1) is 0 Å². The molecule has 3 rings (SSSR count). The summed E-state index contributed by atoms with van der Waals surface area (Å²) < 4.78 is 37.0. The van der Waals surface area contributed by atoms with Gasteiger partial charge in [0.25, 0.3) is 0 Å². The number of rotatable bonds is 11. The molecule has 0 heterocycles. The van der Waals surface area contributed by atoms with Crippen LogP contribution < -0.4 is 19.1 Å². The van der Waals surface area contributed by atoms with E-state index in [1.165, 1.54) is 12.0 Å². The molecule has 0 radical (unpaired) electrons. The summed E-state index contributed by atoms with van der Waals surface area (Å²) in [6.45, 7) is 1.33. The molecule has 10 heteroatoms. The summed E-state index contributed by atoms with van der Waals surface area (Å²) in [5.74, 6) is 0.336. The largest absolute Gasteiger partial charge is 0.497 e. The number of hydrogen-bond acceptors (Lipinski definition) is 6. The molecule has 0 aliphatic heterocycles. The fourth-order valence-electron chi connectivity index (χ4n) is 4.50. The second-order valence-electron chi connectivity index (χ2n) is 9.36. The number of benzene rings is 2. The van der Waals surface area contributed by atoms with Gasteiger partial charge in [-0.3, -0.25) is 13.9 Å². The molecule has 37 heavy (non-hydrogen) atoms. The molecule has 1 fully saturated rings. The van der Waals surface area contributed by atoms with Crippen LogP contribution in [0.25, 0.3) is 0 Å². The minimum atomic E-state index is -3.81. The van der Waals surface area contributed by atoms with Crippen molar-refractivity contribution in [1.29, 1.82) is 0 Å². The van der Waals surface area contributed by atoms with Crippen molar-refractivity contribution in [3.05, 3.63) is 54.1 Å². The Hall–Kier alpha value is -3.27. The number of nitrogens with one attached hydrogen (secondary N) is 1. The highest BCUT2D eigenvalue weighted by atomic mass is 32.2. The minimum absolute atomic E-state index is 0.0850. The average molecular weight is 532 g/mol. The van der Waals surface area contributed by atoms with Gasteiger partial charge in [0.05, 0.1) is 26.2 Å². The standard InChI is InChI=1S/C27H37N3O6S/c1-20(27(32)28-22-11-6-5-7-12-22)29(18-21-10-8-14-24(16-21)35-2)26(31)19-30(37(4,33)34)23-13-9-15-25(17-23)36-3/h8-10,13-17,20,22H,5-7,11-12,18-19H2,1-4H3,(H,28,32). The van der Waals surface area contributed by atoms with Crippen LogP contribution in [-0.2, 0) is 26.2 Å². The molecule has 1 saturated carbocycles. The first-order valence-corrected chi connectivity index (χ1v) is 14.3. The van der Waals surface area contributed by atoms with E-state index in [1.54, 1.807) is 50.4 Å². The average Bonchev–Trinajstić information content (AvgIpc) is 2.89. The maximum atomic E-state index is 13.7. The van der Waals surface area contributed by atoms with Gasteiger partial charge in [0.1, 0.15) is 24.1 Å². The van der Waals surface area contributed by atoms with E-state index < -0.39 is 28.5 Å². The number of ether oxygens (including phenoxy) is 2. The lowest BCUT2D eigenvalue weighted by Crippen LogP contribution is -2.52. The summed E-state index contributed by atoms with van der Waals surface area (Å²) in [5, 5.41) is 3.09. The summed E-state index contributed by atoms with van der Waals surface area (Å²) in [5.41, 5.74) is 1.06. The second-order valence-corrected chi connectivity index (χ2v) is 11.3. The molecule has 0 aromatic heterocycles. The van der Waals surface area contributed by atoms with Crippen LogP contribution in [0.3, 0.4) is 0 Å². The van der Waals surface area contributed by atoms with Gasteiger partial charge in [-0.2, -0.15) is 0 Å². The van der Waals surface area contributed by atoms with Gasteiger partial charge in [-0.05, 0) is 49.6 Å². The molecule has 1 N–H and O–H groups in total. The molecular formula is C27H37N3O6S. The van der Waals surface area contributed by atoms with Gasteiger partial charge in [0.2, 0.25) is 21.8 Å². The number of anilines is 1.